The van der Waals surface area contributed by atoms with Crippen LogP contribution in [0.15, 0.2) is 16.8 Å². The highest BCUT2D eigenvalue weighted by atomic mass is 32.2. The van der Waals surface area contributed by atoms with Crippen molar-refractivity contribution in [3.8, 4) is 0 Å². The fourth-order valence-corrected chi connectivity index (χ4v) is 4.87. The SMILES string of the molecule is COCC/C(SC(=O)C1CCCCC1)=C(\C)N1Cc2cnc(C)nc2NCC1=O. The summed E-state index contributed by atoms with van der Waals surface area (Å²) in [4.78, 5) is 37.1. The molecule has 0 radical (unpaired) electrons. The molecule has 2 heterocycles. The second kappa shape index (κ2) is 10.2. The Bertz CT molecular complexity index is 790. The summed E-state index contributed by atoms with van der Waals surface area (Å²) in [5.41, 5.74) is 1.69. The summed E-state index contributed by atoms with van der Waals surface area (Å²) in [5.74, 6) is 1.45. The smallest absolute Gasteiger partial charge is 0.246 e. The number of ether oxygens (including phenoxy) is 1. The van der Waals surface area contributed by atoms with Gasteiger partial charge in [-0.25, -0.2) is 9.97 Å². The molecule has 2 aliphatic rings. The lowest BCUT2D eigenvalue weighted by molar-refractivity contribution is -0.127. The van der Waals surface area contributed by atoms with Crippen LogP contribution in [0.2, 0.25) is 0 Å². The first kappa shape index (κ1) is 21.8. The number of carbonyl (C=O) groups is 2. The van der Waals surface area contributed by atoms with Gasteiger partial charge in [-0.05, 0) is 26.7 Å². The Balaban J connectivity index is 1.84. The highest BCUT2D eigenvalue weighted by Gasteiger charge is 2.27. The molecule has 8 heteroatoms. The van der Waals surface area contributed by atoms with Crippen molar-refractivity contribution < 1.29 is 14.3 Å². The van der Waals surface area contributed by atoms with Crippen LogP contribution in [0.4, 0.5) is 5.82 Å². The number of fused-ring (bicyclic) bond motifs is 1. The predicted octanol–water partition coefficient (Wildman–Crippen LogP) is 3.65. The van der Waals surface area contributed by atoms with E-state index in [1.165, 1.54) is 18.2 Å². The molecule has 1 aromatic heterocycles. The van der Waals surface area contributed by atoms with Crippen LogP contribution in [0.3, 0.4) is 0 Å². The number of anilines is 1. The van der Waals surface area contributed by atoms with Crippen molar-refractivity contribution in [2.45, 2.75) is 58.9 Å². The summed E-state index contributed by atoms with van der Waals surface area (Å²) >= 11 is 1.30. The van der Waals surface area contributed by atoms with Crippen molar-refractivity contribution in [3.05, 3.63) is 28.2 Å². The Labute approximate surface area is 176 Å². The molecule has 3 rings (SSSR count). The fourth-order valence-electron chi connectivity index (χ4n) is 3.78. The zero-order valence-corrected chi connectivity index (χ0v) is 18.3. The van der Waals surface area contributed by atoms with E-state index in [9.17, 15) is 9.59 Å². The highest BCUT2D eigenvalue weighted by Crippen LogP contribution is 2.35. The number of allylic oxidation sites excluding steroid dienone is 1. The van der Waals surface area contributed by atoms with E-state index in [-0.39, 0.29) is 23.5 Å². The molecule has 158 valence electrons. The number of methoxy groups -OCH3 is 1. The molecule has 0 spiro atoms. The third-order valence-corrected chi connectivity index (χ3v) is 6.81. The van der Waals surface area contributed by atoms with Crippen molar-refractivity contribution in [2.75, 3.05) is 25.6 Å². The number of nitrogens with zero attached hydrogens (tertiary/aromatic N) is 3. The number of aromatic nitrogens is 2. The topological polar surface area (TPSA) is 84.4 Å². The minimum absolute atomic E-state index is 0.0428. The molecule has 1 aromatic rings. The van der Waals surface area contributed by atoms with Crippen LogP contribution in [-0.4, -0.2) is 46.2 Å². The van der Waals surface area contributed by atoms with Gasteiger partial charge in [0.15, 0.2) is 5.12 Å². The minimum Gasteiger partial charge on any atom is -0.384 e. The van der Waals surface area contributed by atoms with Crippen molar-refractivity contribution in [2.24, 2.45) is 5.92 Å². The molecule has 0 bridgehead atoms. The average molecular weight is 419 g/mol. The molecule has 1 aliphatic heterocycles. The number of rotatable bonds is 6. The zero-order valence-electron chi connectivity index (χ0n) is 17.5. The minimum atomic E-state index is -0.0428. The monoisotopic (exact) mass is 418 g/mol. The van der Waals surface area contributed by atoms with Gasteiger partial charge in [-0.3, -0.25) is 9.59 Å². The van der Waals surface area contributed by atoms with Crippen LogP contribution >= 0.6 is 11.8 Å². The van der Waals surface area contributed by atoms with Gasteiger partial charge < -0.3 is 15.0 Å². The summed E-state index contributed by atoms with van der Waals surface area (Å²) in [5, 5.41) is 3.33. The molecule has 1 amide bonds. The van der Waals surface area contributed by atoms with Gasteiger partial charge in [0.25, 0.3) is 0 Å². The van der Waals surface area contributed by atoms with Crippen LogP contribution < -0.4 is 5.32 Å². The second-order valence-electron chi connectivity index (χ2n) is 7.63. The van der Waals surface area contributed by atoms with E-state index >= 15 is 0 Å². The molecule has 1 fully saturated rings. The molecule has 1 N–H and O–H groups in total. The van der Waals surface area contributed by atoms with E-state index in [2.05, 4.69) is 15.3 Å². The lowest BCUT2D eigenvalue weighted by atomic mass is 9.90. The van der Waals surface area contributed by atoms with Crippen molar-refractivity contribution in [1.82, 2.24) is 14.9 Å². The van der Waals surface area contributed by atoms with Crippen LogP contribution in [0, 0.1) is 12.8 Å². The number of aryl methyl sites for hydroxylation is 1. The number of hydrogen-bond acceptors (Lipinski definition) is 7. The summed E-state index contributed by atoms with van der Waals surface area (Å²) in [6.45, 7) is 4.82. The maximum atomic E-state index is 12.9. The van der Waals surface area contributed by atoms with E-state index in [1.807, 2.05) is 13.8 Å². The van der Waals surface area contributed by atoms with Gasteiger partial charge in [-0.15, -0.1) is 0 Å². The molecular weight excluding hydrogens is 388 g/mol. The van der Waals surface area contributed by atoms with Crippen molar-refractivity contribution in [1.29, 1.82) is 0 Å². The largest absolute Gasteiger partial charge is 0.384 e. The zero-order chi connectivity index (χ0) is 20.8. The molecule has 1 saturated carbocycles. The standard InChI is InChI=1S/C21H30N4O3S/c1-14(18(9-10-28-3)29-21(27)16-7-5-4-6-8-16)25-13-17-11-22-15(2)24-20(17)23-12-19(25)26/h11,16H,4-10,12-13H2,1-3H3,(H,22,23,24)/b18-14-. The third kappa shape index (κ3) is 5.57. The number of amides is 1. The summed E-state index contributed by atoms with van der Waals surface area (Å²) in [6.07, 6.45) is 7.78. The Hall–Kier alpha value is -1.93. The Kier molecular flexibility index (Phi) is 7.66. The molecule has 0 unspecified atom stereocenters. The first-order chi connectivity index (χ1) is 14.0. The van der Waals surface area contributed by atoms with Gasteiger partial charge in [0, 0.05) is 41.8 Å². The first-order valence-corrected chi connectivity index (χ1v) is 11.1. The summed E-state index contributed by atoms with van der Waals surface area (Å²) < 4.78 is 5.26. The Morgan fingerprint density at radius 1 is 1.34 bits per heavy atom. The van der Waals surface area contributed by atoms with Gasteiger partial charge in [0.05, 0.1) is 19.7 Å². The quantitative estimate of drug-likeness (QED) is 0.755. The van der Waals surface area contributed by atoms with Crippen molar-refractivity contribution >= 4 is 28.6 Å². The van der Waals surface area contributed by atoms with Crippen molar-refractivity contribution in [3.63, 3.8) is 0 Å². The Morgan fingerprint density at radius 3 is 2.83 bits per heavy atom. The van der Waals surface area contributed by atoms with E-state index in [1.54, 1.807) is 18.2 Å². The molecule has 0 atom stereocenters. The lowest BCUT2D eigenvalue weighted by Gasteiger charge is -2.25. The van der Waals surface area contributed by atoms with E-state index in [0.717, 1.165) is 41.8 Å². The maximum Gasteiger partial charge on any atom is 0.246 e. The lowest BCUT2D eigenvalue weighted by Crippen LogP contribution is -2.32. The van der Waals surface area contributed by atoms with E-state index in [4.69, 9.17) is 4.74 Å². The average Bonchev–Trinajstić information content (AvgIpc) is 2.90. The van der Waals surface area contributed by atoms with Gasteiger partial charge in [0.2, 0.25) is 5.91 Å². The molecule has 7 nitrogen and oxygen atoms in total. The number of hydrogen-bond donors (Lipinski definition) is 1. The first-order valence-electron chi connectivity index (χ1n) is 10.3. The Morgan fingerprint density at radius 2 is 2.10 bits per heavy atom. The molecular formula is C21H30N4O3S. The number of thioether (sulfide) groups is 1. The van der Waals surface area contributed by atoms with Crippen LogP contribution in [0.1, 0.15) is 56.8 Å². The summed E-state index contributed by atoms with van der Waals surface area (Å²) in [7, 11) is 1.65. The highest BCUT2D eigenvalue weighted by molar-refractivity contribution is 8.17. The van der Waals surface area contributed by atoms with Gasteiger partial charge >= 0.3 is 0 Å². The third-order valence-electron chi connectivity index (χ3n) is 5.53. The second-order valence-corrected chi connectivity index (χ2v) is 8.73. The van der Waals surface area contributed by atoms with E-state index in [0.29, 0.717) is 31.2 Å². The van der Waals surface area contributed by atoms with Crippen LogP contribution in [-0.2, 0) is 20.9 Å². The van der Waals surface area contributed by atoms with E-state index < -0.39 is 0 Å². The summed E-state index contributed by atoms with van der Waals surface area (Å²) in [6, 6.07) is 0. The normalized spacial score (nSPS) is 18.6. The number of carbonyl (C=O) groups excluding carboxylic acids is 2. The van der Waals surface area contributed by atoms with Gasteiger partial charge in [-0.2, -0.15) is 0 Å². The molecule has 1 aliphatic carbocycles. The number of nitrogens with one attached hydrogen (secondary N) is 1. The van der Waals surface area contributed by atoms with Crippen LogP contribution in [0.25, 0.3) is 0 Å². The predicted molar refractivity (Wildman–Crippen MR) is 114 cm³/mol. The molecule has 29 heavy (non-hydrogen) atoms. The molecule has 0 aromatic carbocycles. The van der Waals surface area contributed by atoms with Crippen LogP contribution in [0.5, 0.6) is 0 Å². The van der Waals surface area contributed by atoms with Gasteiger partial charge in [0.1, 0.15) is 11.6 Å². The fraction of sp³-hybridized carbons (Fsp3) is 0.619. The molecule has 0 saturated heterocycles. The van der Waals surface area contributed by atoms with Gasteiger partial charge in [-0.1, -0.05) is 31.0 Å². The maximum absolute atomic E-state index is 12.9.